The molecule has 2 heterocycles. The van der Waals surface area contributed by atoms with E-state index in [-0.39, 0.29) is 0 Å². The van der Waals surface area contributed by atoms with Crippen molar-refractivity contribution in [2.75, 3.05) is 6.66 Å². The first-order chi connectivity index (χ1) is 25.0. The summed E-state index contributed by atoms with van der Waals surface area (Å²) in [5, 5.41) is 1.91. The van der Waals surface area contributed by atoms with E-state index in [1.165, 1.54) is 11.1 Å². The van der Waals surface area contributed by atoms with Gasteiger partial charge in [-0.2, -0.15) is 0 Å². The van der Waals surface area contributed by atoms with Crippen molar-refractivity contribution in [1.29, 1.82) is 0 Å². The van der Waals surface area contributed by atoms with Crippen LogP contribution in [0.5, 0.6) is 0 Å². The monoisotopic (exact) mass is 672 g/mol. The highest BCUT2D eigenvalue weighted by Gasteiger charge is 2.34. The van der Waals surface area contributed by atoms with Crippen molar-refractivity contribution in [2.45, 2.75) is 0 Å². The van der Waals surface area contributed by atoms with Gasteiger partial charge in [0, 0.05) is 27.3 Å². The minimum atomic E-state index is -2.59. The molecule has 0 fully saturated rings. The number of hydrogen-bond donors (Lipinski definition) is 0. The molecule has 3 nitrogen and oxygen atoms in total. The van der Waals surface area contributed by atoms with Crippen LogP contribution >= 0.6 is 7.14 Å². The minimum Gasteiger partial charge on any atom is -0.314 e. The Morgan fingerprint density at radius 2 is 0.784 bits per heavy atom. The van der Waals surface area contributed by atoms with Gasteiger partial charge in [0.1, 0.15) is 7.14 Å². The van der Waals surface area contributed by atoms with Gasteiger partial charge in [0.25, 0.3) is 0 Å². The van der Waals surface area contributed by atoms with Gasteiger partial charge in [-0.15, -0.1) is 0 Å². The Morgan fingerprint density at radius 3 is 1.43 bits per heavy atom. The summed E-state index contributed by atoms with van der Waals surface area (Å²) in [5.74, 6) is 0.698. The van der Waals surface area contributed by atoms with E-state index in [4.69, 9.17) is 9.97 Å². The molecule has 51 heavy (non-hydrogen) atoms. The second-order valence-corrected chi connectivity index (χ2v) is 15.9. The van der Waals surface area contributed by atoms with Crippen LogP contribution in [0.15, 0.2) is 182 Å². The number of nitrogens with zero attached hydrogens (tertiary/aromatic N) is 2. The van der Waals surface area contributed by atoms with E-state index in [0.29, 0.717) is 5.82 Å². The Morgan fingerprint density at radius 1 is 0.353 bits per heavy atom. The van der Waals surface area contributed by atoms with Crippen molar-refractivity contribution in [2.24, 2.45) is 0 Å². The summed E-state index contributed by atoms with van der Waals surface area (Å²) in [6.07, 6.45) is 0. The molecule has 9 rings (SSSR count). The topological polar surface area (TPSA) is 42.9 Å². The molecule has 1 aromatic heterocycles. The van der Waals surface area contributed by atoms with E-state index in [2.05, 4.69) is 140 Å². The molecule has 1 aliphatic heterocycles. The molecule has 1 aliphatic rings. The molecule has 8 aromatic rings. The molecule has 0 saturated heterocycles. The lowest BCUT2D eigenvalue weighted by Crippen LogP contribution is -2.07. The second kappa shape index (κ2) is 12.6. The van der Waals surface area contributed by atoms with Crippen LogP contribution in [0.2, 0.25) is 0 Å². The molecule has 0 aliphatic carbocycles. The first-order valence-corrected chi connectivity index (χ1v) is 19.3. The third-order valence-electron chi connectivity index (χ3n) is 9.87. The first kappa shape index (κ1) is 30.9. The Kier molecular flexibility index (Phi) is 7.64. The maximum Gasteiger partial charge on any atom is 0.160 e. The van der Waals surface area contributed by atoms with Gasteiger partial charge in [-0.1, -0.05) is 158 Å². The maximum atomic E-state index is 13.7. The minimum absolute atomic E-state index is 0.698. The fraction of sp³-hybridized carbons (Fsp3) is 0.0213. The quantitative estimate of drug-likeness (QED) is 0.165. The van der Waals surface area contributed by atoms with E-state index in [1.807, 2.05) is 49.1 Å². The van der Waals surface area contributed by atoms with Gasteiger partial charge in [-0.25, -0.2) is 9.97 Å². The van der Waals surface area contributed by atoms with Crippen LogP contribution in [0.25, 0.3) is 78.4 Å². The number of rotatable bonds is 6. The summed E-state index contributed by atoms with van der Waals surface area (Å²) in [4.78, 5) is 10.1. The summed E-state index contributed by atoms with van der Waals surface area (Å²) in [5.41, 5.74) is 13.8. The SMILES string of the molecule is CP1(=O)c2ccccc2-c2cc(-c3cccc(-c4ccc(-c5cc(-c6ccc(-c7ccccc7)cc6)nc(-c6ccccc6)n5)cc4)c3)ccc21. The van der Waals surface area contributed by atoms with E-state index in [0.717, 1.165) is 72.1 Å². The smallest absolute Gasteiger partial charge is 0.160 e. The molecular weight excluding hydrogens is 640 g/mol. The van der Waals surface area contributed by atoms with Gasteiger partial charge < -0.3 is 4.57 Å². The first-order valence-electron chi connectivity index (χ1n) is 17.1. The zero-order valence-electron chi connectivity index (χ0n) is 28.1. The van der Waals surface area contributed by atoms with E-state index in [1.54, 1.807) is 0 Å². The molecular formula is C47H33N2OP. The van der Waals surface area contributed by atoms with Crippen molar-refractivity contribution in [3.63, 3.8) is 0 Å². The normalized spacial score (nSPS) is 14.5. The predicted octanol–water partition coefficient (Wildman–Crippen LogP) is 11.4. The highest BCUT2D eigenvalue weighted by Crippen LogP contribution is 2.50. The summed E-state index contributed by atoms with van der Waals surface area (Å²) in [7, 11) is -2.59. The van der Waals surface area contributed by atoms with Gasteiger partial charge in [0.05, 0.1) is 11.4 Å². The predicted molar refractivity (Wildman–Crippen MR) is 213 cm³/mol. The average molecular weight is 673 g/mol. The Balaban J connectivity index is 1.05. The number of fused-ring (bicyclic) bond motifs is 3. The molecule has 0 radical (unpaired) electrons. The van der Waals surface area contributed by atoms with Gasteiger partial charge in [0.15, 0.2) is 5.82 Å². The van der Waals surface area contributed by atoms with Crippen LogP contribution in [-0.2, 0) is 4.57 Å². The van der Waals surface area contributed by atoms with E-state index >= 15 is 0 Å². The highest BCUT2D eigenvalue weighted by atomic mass is 31.2. The number of benzene rings is 7. The third kappa shape index (κ3) is 5.72. The maximum absolute atomic E-state index is 13.7. The van der Waals surface area contributed by atoms with Crippen LogP contribution in [0.4, 0.5) is 0 Å². The van der Waals surface area contributed by atoms with Crippen molar-refractivity contribution in [3.05, 3.63) is 182 Å². The Labute approximate surface area is 298 Å². The van der Waals surface area contributed by atoms with E-state index in [9.17, 15) is 4.57 Å². The van der Waals surface area contributed by atoms with Gasteiger partial charge in [0.2, 0.25) is 0 Å². The van der Waals surface area contributed by atoms with Crippen LogP contribution in [-0.4, -0.2) is 16.6 Å². The van der Waals surface area contributed by atoms with Crippen molar-refractivity contribution >= 4 is 17.8 Å². The molecule has 242 valence electrons. The third-order valence-corrected chi connectivity index (χ3v) is 12.5. The van der Waals surface area contributed by atoms with Crippen molar-refractivity contribution in [1.82, 2.24) is 9.97 Å². The van der Waals surface area contributed by atoms with Crippen LogP contribution in [0, 0.1) is 0 Å². The van der Waals surface area contributed by atoms with Crippen molar-refractivity contribution in [3.8, 4) is 78.4 Å². The lowest BCUT2D eigenvalue weighted by molar-refractivity contribution is 0.591. The molecule has 0 spiro atoms. The standard InChI is InChI=1S/C47H33N2OP/c1-51(50)45-18-9-8-17-41(45)42-30-40(27-28-46(42)51)39-16-10-15-38(29-39)34-21-25-36(26-22-34)44-31-43(48-47(49-44)37-13-6-3-7-14-37)35-23-19-33(20-24-35)32-11-4-2-5-12-32/h2-31H,1H3. The summed E-state index contributed by atoms with van der Waals surface area (Å²) >= 11 is 0. The Hall–Kier alpha value is -6.15. The molecule has 0 amide bonds. The lowest BCUT2D eigenvalue weighted by atomic mass is 9.95. The fourth-order valence-electron chi connectivity index (χ4n) is 7.14. The summed E-state index contributed by atoms with van der Waals surface area (Å²) < 4.78 is 13.7. The fourth-order valence-corrected chi connectivity index (χ4v) is 9.43. The largest absolute Gasteiger partial charge is 0.314 e. The zero-order chi connectivity index (χ0) is 34.4. The van der Waals surface area contributed by atoms with Crippen LogP contribution < -0.4 is 10.6 Å². The molecule has 1 unspecified atom stereocenters. The molecule has 1 atom stereocenters. The van der Waals surface area contributed by atoms with Gasteiger partial charge in [-0.3, -0.25) is 0 Å². The van der Waals surface area contributed by atoms with Gasteiger partial charge in [-0.05, 0) is 75.4 Å². The van der Waals surface area contributed by atoms with Crippen LogP contribution in [0.1, 0.15) is 0 Å². The van der Waals surface area contributed by atoms with E-state index < -0.39 is 7.14 Å². The molecule has 0 bridgehead atoms. The lowest BCUT2D eigenvalue weighted by Gasteiger charge is -2.12. The molecule has 0 saturated carbocycles. The summed E-state index contributed by atoms with van der Waals surface area (Å²) in [6, 6.07) is 63.0. The molecule has 4 heteroatoms. The zero-order valence-corrected chi connectivity index (χ0v) is 29.0. The second-order valence-electron chi connectivity index (χ2n) is 13.1. The number of hydrogen-bond acceptors (Lipinski definition) is 3. The van der Waals surface area contributed by atoms with Crippen molar-refractivity contribution < 1.29 is 4.57 Å². The number of aromatic nitrogens is 2. The average Bonchev–Trinajstić information content (AvgIpc) is 3.44. The highest BCUT2D eigenvalue weighted by molar-refractivity contribution is 7.79. The molecule has 0 N–H and O–H groups in total. The van der Waals surface area contributed by atoms with Gasteiger partial charge >= 0.3 is 0 Å². The van der Waals surface area contributed by atoms with Crippen LogP contribution in [0.3, 0.4) is 0 Å². The summed E-state index contributed by atoms with van der Waals surface area (Å²) in [6.45, 7) is 1.88. The molecule has 7 aromatic carbocycles. The Bertz CT molecular complexity index is 2600.